The van der Waals surface area contributed by atoms with Crippen LogP contribution in [-0.2, 0) is 0 Å². The Morgan fingerprint density at radius 3 is 2.79 bits per heavy atom. The Bertz CT molecular complexity index is 621. The molecule has 0 unspecified atom stereocenters. The van der Waals surface area contributed by atoms with Crippen LogP contribution in [0.2, 0.25) is 0 Å². The SMILES string of the molecule is CN/C(C)=N/c1nc2ccc(OC(F)(F)F)cc2s1. The first-order chi connectivity index (χ1) is 8.87. The number of ether oxygens (including phenoxy) is 1. The fourth-order valence-electron chi connectivity index (χ4n) is 1.34. The van der Waals surface area contributed by atoms with E-state index in [4.69, 9.17) is 0 Å². The average Bonchev–Trinajstić information content (AvgIpc) is 2.68. The van der Waals surface area contributed by atoms with Crippen molar-refractivity contribution in [2.75, 3.05) is 7.05 Å². The van der Waals surface area contributed by atoms with Crippen LogP contribution in [0.15, 0.2) is 23.2 Å². The van der Waals surface area contributed by atoms with Gasteiger partial charge < -0.3 is 10.1 Å². The Labute approximate surface area is 110 Å². The number of rotatable bonds is 2. The summed E-state index contributed by atoms with van der Waals surface area (Å²) in [4.78, 5) is 8.36. The predicted molar refractivity (Wildman–Crippen MR) is 68.1 cm³/mol. The number of hydrogen-bond donors (Lipinski definition) is 1. The zero-order chi connectivity index (χ0) is 14.0. The van der Waals surface area contributed by atoms with Gasteiger partial charge in [-0.2, -0.15) is 0 Å². The Kier molecular flexibility index (Phi) is 3.61. The molecular formula is C11H10F3N3OS. The molecule has 0 aliphatic heterocycles. The molecule has 1 aromatic carbocycles. The third-order valence-corrected chi connectivity index (χ3v) is 3.12. The second kappa shape index (κ2) is 5.04. The quantitative estimate of drug-likeness (QED) is 0.680. The van der Waals surface area contributed by atoms with Gasteiger partial charge in [0.25, 0.3) is 0 Å². The molecule has 0 radical (unpaired) electrons. The number of fused-ring (bicyclic) bond motifs is 1. The molecule has 0 saturated heterocycles. The molecule has 0 aliphatic rings. The highest BCUT2D eigenvalue weighted by Gasteiger charge is 2.31. The van der Waals surface area contributed by atoms with Crippen LogP contribution in [0.3, 0.4) is 0 Å². The van der Waals surface area contributed by atoms with Crippen LogP contribution in [0.1, 0.15) is 6.92 Å². The van der Waals surface area contributed by atoms with Crippen molar-refractivity contribution in [3.63, 3.8) is 0 Å². The minimum atomic E-state index is -4.69. The average molecular weight is 289 g/mol. The molecule has 1 heterocycles. The lowest BCUT2D eigenvalue weighted by atomic mass is 10.3. The van der Waals surface area contributed by atoms with E-state index in [1.54, 1.807) is 14.0 Å². The molecule has 2 aromatic rings. The van der Waals surface area contributed by atoms with Gasteiger partial charge in [-0.1, -0.05) is 11.3 Å². The molecule has 2 rings (SSSR count). The maximum atomic E-state index is 12.1. The van der Waals surface area contributed by atoms with Gasteiger partial charge in [0.05, 0.1) is 10.2 Å². The summed E-state index contributed by atoms with van der Waals surface area (Å²) in [5, 5.41) is 3.32. The zero-order valence-corrected chi connectivity index (χ0v) is 10.9. The van der Waals surface area contributed by atoms with Gasteiger partial charge in [-0.25, -0.2) is 9.98 Å². The van der Waals surface area contributed by atoms with Gasteiger partial charge in [0.15, 0.2) is 0 Å². The van der Waals surface area contributed by atoms with Gasteiger partial charge in [0, 0.05) is 13.1 Å². The Hall–Kier alpha value is -1.83. The minimum absolute atomic E-state index is 0.260. The lowest BCUT2D eigenvalue weighted by Crippen LogP contribution is -2.16. The van der Waals surface area contributed by atoms with Gasteiger partial charge >= 0.3 is 6.36 Å². The van der Waals surface area contributed by atoms with E-state index in [2.05, 4.69) is 20.0 Å². The molecule has 0 saturated carbocycles. The predicted octanol–water partition coefficient (Wildman–Crippen LogP) is 3.46. The van der Waals surface area contributed by atoms with E-state index in [0.29, 0.717) is 21.2 Å². The highest BCUT2D eigenvalue weighted by molar-refractivity contribution is 7.22. The van der Waals surface area contributed by atoms with Gasteiger partial charge in [-0.05, 0) is 19.1 Å². The van der Waals surface area contributed by atoms with Crippen molar-refractivity contribution in [1.29, 1.82) is 0 Å². The van der Waals surface area contributed by atoms with Crippen LogP contribution in [0.25, 0.3) is 10.2 Å². The molecule has 0 atom stereocenters. The number of aromatic nitrogens is 1. The number of nitrogens with zero attached hydrogens (tertiary/aromatic N) is 2. The third kappa shape index (κ3) is 3.57. The summed E-state index contributed by atoms with van der Waals surface area (Å²) in [5.41, 5.74) is 0.585. The summed E-state index contributed by atoms with van der Waals surface area (Å²) >= 11 is 1.20. The molecular weight excluding hydrogens is 279 g/mol. The summed E-state index contributed by atoms with van der Waals surface area (Å²) in [6.45, 7) is 1.77. The Morgan fingerprint density at radius 2 is 2.16 bits per heavy atom. The lowest BCUT2D eigenvalue weighted by molar-refractivity contribution is -0.274. The minimum Gasteiger partial charge on any atom is -0.406 e. The standard InChI is InChI=1S/C11H10F3N3OS/c1-6(15-2)16-10-17-8-4-3-7(5-9(8)19-10)18-11(12,13)14/h3-5H,1-2H3,(H,15,16,17). The van der Waals surface area contributed by atoms with E-state index >= 15 is 0 Å². The molecule has 0 amide bonds. The second-order valence-corrected chi connectivity index (χ2v) is 4.63. The first-order valence-corrected chi connectivity index (χ1v) is 6.08. The van der Waals surface area contributed by atoms with E-state index in [1.165, 1.54) is 29.5 Å². The number of hydrogen-bond acceptors (Lipinski definition) is 4. The van der Waals surface area contributed by atoms with Crippen LogP contribution in [0, 0.1) is 0 Å². The molecule has 1 N–H and O–H groups in total. The molecule has 8 heteroatoms. The fraction of sp³-hybridized carbons (Fsp3) is 0.273. The fourth-order valence-corrected chi connectivity index (χ4v) is 2.25. The van der Waals surface area contributed by atoms with Crippen LogP contribution in [0.5, 0.6) is 5.75 Å². The zero-order valence-electron chi connectivity index (χ0n) is 10.1. The summed E-state index contributed by atoms with van der Waals surface area (Å²) in [6, 6.07) is 4.00. The van der Waals surface area contributed by atoms with E-state index < -0.39 is 6.36 Å². The van der Waals surface area contributed by atoms with E-state index in [-0.39, 0.29) is 5.75 Å². The number of amidine groups is 1. The second-order valence-electron chi connectivity index (χ2n) is 3.62. The molecule has 0 aliphatic carbocycles. The Morgan fingerprint density at radius 1 is 1.42 bits per heavy atom. The van der Waals surface area contributed by atoms with E-state index in [1.807, 2.05) is 0 Å². The van der Waals surface area contributed by atoms with Crippen LogP contribution < -0.4 is 10.1 Å². The normalized spacial score (nSPS) is 12.8. The smallest absolute Gasteiger partial charge is 0.406 e. The van der Waals surface area contributed by atoms with Crippen molar-refractivity contribution in [1.82, 2.24) is 10.3 Å². The highest BCUT2D eigenvalue weighted by Crippen LogP contribution is 2.32. The van der Waals surface area contributed by atoms with Crippen molar-refractivity contribution in [3.05, 3.63) is 18.2 Å². The third-order valence-electron chi connectivity index (χ3n) is 2.21. The number of thiazole rings is 1. The molecule has 0 bridgehead atoms. The molecule has 102 valence electrons. The summed E-state index contributed by atoms with van der Waals surface area (Å²) < 4.78 is 40.7. The van der Waals surface area contributed by atoms with Crippen LogP contribution in [0.4, 0.5) is 18.3 Å². The van der Waals surface area contributed by atoms with Gasteiger partial charge in [-0.3, -0.25) is 0 Å². The molecule has 19 heavy (non-hydrogen) atoms. The first-order valence-electron chi connectivity index (χ1n) is 5.27. The maximum absolute atomic E-state index is 12.1. The van der Waals surface area contributed by atoms with Crippen molar-refractivity contribution in [2.24, 2.45) is 4.99 Å². The first kappa shape index (κ1) is 13.6. The van der Waals surface area contributed by atoms with Crippen molar-refractivity contribution < 1.29 is 17.9 Å². The van der Waals surface area contributed by atoms with E-state index in [0.717, 1.165) is 0 Å². The summed E-state index contributed by atoms with van der Waals surface area (Å²) in [7, 11) is 1.72. The van der Waals surface area contributed by atoms with Crippen molar-refractivity contribution in [2.45, 2.75) is 13.3 Å². The van der Waals surface area contributed by atoms with Gasteiger partial charge in [0.2, 0.25) is 5.13 Å². The van der Waals surface area contributed by atoms with Crippen LogP contribution in [-0.4, -0.2) is 24.2 Å². The summed E-state index contributed by atoms with van der Waals surface area (Å²) in [6.07, 6.45) is -4.69. The highest BCUT2D eigenvalue weighted by atomic mass is 32.1. The van der Waals surface area contributed by atoms with Gasteiger partial charge in [-0.15, -0.1) is 13.2 Å². The number of aliphatic imine (C=N–C) groups is 1. The molecule has 0 fully saturated rings. The largest absolute Gasteiger partial charge is 0.573 e. The number of halogens is 3. The van der Waals surface area contributed by atoms with Crippen molar-refractivity contribution >= 4 is 32.5 Å². The maximum Gasteiger partial charge on any atom is 0.573 e. The number of alkyl halides is 3. The lowest BCUT2D eigenvalue weighted by Gasteiger charge is -2.07. The monoisotopic (exact) mass is 289 g/mol. The van der Waals surface area contributed by atoms with Crippen molar-refractivity contribution in [3.8, 4) is 5.75 Å². The van der Waals surface area contributed by atoms with Gasteiger partial charge in [0.1, 0.15) is 11.6 Å². The molecule has 1 aromatic heterocycles. The number of benzene rings is 1. The molecule has 0 spiro atoms. The Balaban J connectivity index is 2.33. The number of nitrogens with one attached hydrogen (secondary N) is 1. The van der Waals surface area contributed by atoms with E-state index in [9.17, 15) is 13.2 Å². The van der Waals surface area contributed by atoms with Crippen LogP contribution >= 0.6 is 11.3 Å². The summed E-state index contributed by atoms with van der Waals surface area (Å²) in [5.74, 6) is 0.412. The molecule has 4 nitrogen and oxygen atoms in total. The topological polar surface area (TPSA) is 46.5 Å².